The van der Waals surface area contributed by atoms with Gasteiger partial charge in [-0.1, -0.05) is 42.2 Å². The van der Waals surface area contributed by atoms with Crippen molar-refractivity contribution in [3.63, 3.8) is 0 Å². The van der Waals surface area contributed by atoms with Gasteiger partial charge in [0.1, 0.15) is 30.5 Å². The lowest BCUT2D eigenvalue weighted by atomic mass is 10.1. The maximum Gasteiger partial charge on any atom is 0.270 e. The van der Waals surface area contributed by atoms with Gasteiger partial charge in [-0.05, 0) is 48.5 Å². The van der Waals surface area contributed by atoms with Gasteiger partial charge in [-0.15, -0.1) is 0 Å². The van der Waals surface area contributed by atoms with Gasteiger partial charge in [-0.3, -0.25) is 19.8 Å². The highest BCUT2D eigenvalue weighted by Crippen LogP contribution is 2.37. The molecule has 3 aromatic rings. The summed E-state index contributed by atoms with van der Waals surface area (Å²) in [6.45, 7) is 0.439. The van der Waals surface area contributed by atoms with Crippen LogP contribution in [-0.2, 0) is 4.79 Å². The van der Waals surface area contributed by atoms with Crippen LogP contribution in [0, 0.1) is 10.1 Å². The number of hydrogen-bond acceptors (Lipinski definition) is 8. The summed E-state index contributed by atoms with van der Waals surface area (Å²) in [5.41, 5.74) is 0.943. The largest absolute Gasteiger partial charge is 0.497 e. The Hall–Kier alpha value is -3.89. The van der Waals surface area contributed by atoms with Crippen LogP contribution in [-0.4, -0.2) is 35.5 Å². The summed E-state index contributed by atoms with van der Waals surface area (Å²) in [4.78, 5) is 25.7. The first-order valence-corrected chi connectivity index (χ1v) is 11.7. The summed E-state index contributed by atoms with van der Waals surface area (Å²) in [5.74, 6) is 1.47. The number of rotatable bonds is 9. The number of benzene rings is 3. The van der Waals surface area contributed by atoms with E-state index < -0.39 is 4.92 Å². The standard InChI is InChI=1S/C25H20N2O6S2/c1-31-20-8-10-21(11-9-20)32-13-14-33-22-12-7-19(27(29)30)15-17(22)16-23-24(28)26(25(34)35-23)18-5-3-2-4-6-18/h2-12,15-16H,13-14H2,1H3/b23-16-. The topological polar surface area (TPSA) is 91.1 Å². The molecule has 1 fully saturated rings. The average Bonchev–Trinajstić information content (AvgIpc) is 3.15. The molecule has 0 radical (unpaired) electrons. The SMILES string of the molecule is COc1ccc(OCCOc2ccc([N+](=O)[O-])cc2/C=C2\SC(=S)N(c3ccccc3)C2=O)cc1. The van der Waals surface area contributed by atoms with E-state index in [1.165, 1.54) is 23.1 Å². The Kier molecular flexibility index (Phi) is 7.64. The molecule has 0 spiro atoms. The molecule has 1 amide bonds. The van der Waals surface area contributed by atoms with Crippen molar-refractivity contribution in [2.75, 3.05) is 25.2 Å². The monoisotopic (exact) mass is 508 g/mol. The van der Waals surface area contributed by atoms with Gasteiger partial charge in [-0.2, -0.15) is 0 Å². The summed E-state index contributed by atoms with van der Waals surface area (Å²) in [7, 11) is 1.59. The molecule has 0 aromatic heterocycles. The van der Waals surface area contributed by atoms with Crippen molar-refractivity contribution in [1.29, 1.82) is 0 Å². The maximum atomic E-state index is 13.1. The highest BCUT2D eigenvalue weighted by molar-refractivity contribution is 8.27. The third-order valence-corrected chi connectivity index (χ3v) is 6.27. The second kappa shape index (κ2) is 11.0. The smallest absolute Gasteiger partial charge is 0.270 e. The number of carbonyl (C=O) groups is 1. The van der Waals surface area contributed by atoms with Crippen molar-refractivity contribution in [1.82, 2.24) is 0 Å². The van der Waals surface area contributed by atoms with Gasteiger partial charge >= 0.3 is 0 Å². The number of thioether (sulfide) groups is 1. The van der Waals surface area contributed by atoms with Gasteiger partial charge in [0.05, 0.1) is 22.6 Å². The number of carbonyl (C=O) groups excluding carboxylic acids is 1. The summed E-state index contributed by atoms with van der Waals surface area (Å²) in [6.07, 6.45) is 1.56. The number of anilines is 1. The van der Waals surface area contributed by atoms with E-state index in [1.807, 2.05) is 18.2 Å². The zero-order valence-electron chi connectivity index (χ0n) is 18.6. The van der Waals surface area contributed by atoms with E-state index in [9.17, 15) is 14.9 Å². The molecule has 1 heterocycles. The predicted octanol–water partition coefficient (Wildman–Crippen LogP) is 5.47. The van der Waals surface area contributed by atoms with Crippen LogP contribution in [0.15, 0.2) is 77.7 Å². The minimum Gasteiger partial charge on any atom is -0.497 e. The molecule has 35 heavy (non-hydrogen) atoms. The Balaban J connectivity index is 1.50. The number of nitrogens with zero attached hydrogens (tertiary/aromatic N) is 2. The molecule has 0 atom stereocenters. The van der Waals surface area contributed by atoms with E-state index in [0.717, 1.165) is 17.5 Å². The number of hydrogen-bond donors (Lipinski definition) is 0. The Morgan fingerprint density at radius 1 is 1.00 bits per heavy atom. The lowest BCUT2D eigenvalue weighted by Gasteiger charge is -2.14. The molecule has 4 rings (SSSR count). The van der Waals surface area contributed by atoms with Crippen LogP contribution in [0.4, 0.5) is 11.4 Å². The van der Waals surface area contributed by atoms with Crippen molar-refractivity contribution in [3.05, 3.63) is 93.4 Å². The van der Waals surface area contributed by atoms with E-state index in [0.29, 0.717) is 32.0 Å². The van der Waals surface area contributed by atoms with Crippen LogP contribution in [0.3, 0.4) is 0 Å². The molecule has 0 saturated carbocycles. The van der Waals surface area contributed by atoms with Crippen LogP contribution in [0.2, 0.25) is 0 Å². The highest BCUT2D eigenvalue weighted by Gasteiger charge is 2.33. The predicted molar refractivity (Wildman–Crippen MR) is 139 cm³/mol. The Morgan fingerprint density at radius 3 is 2.37 bits per heavy atom. The molecule has 0 unspecified atom stereocenters. The molecule has 0 aliphatic carbocycles. The van der Waals surface area contributed by atoms with E-state index in [1.54, 1.807) is 49.6 Å². The van der Waals surface area contributed by atoms with Gasteiger partial charge in [0.25, 0.3) is 11.6 Å². The second-order valence-electron chi connectivity index (χ2n) is 7.20. The van der Waals surface area contributed by atoms with Crippen molar-refractivity contribution in [2.24, 2.45) is 0 Å². The third kappa shape index (κ3) is 5.79. The van der Waals surface area contributed by atoms with E-state index in [2.05, 4.69) is 0 Å². The molecule has 0 bridgehead atoms. The molecule has 178 valence electrons. The molecule has 3 aromatic carbocycles. The van der Waals surface area contributed by atoms with Crippen molar-refractivity contribution >= 4 is 51.7 Å². The number of para-hydroxylation sites is 1. The van der Waals surface area contributed by atoms with Crippen LogP contribution in [0.25, 0.3) is 6.08 Å². The minimum absolute atomic E-state index is 0.114. The average molecular weight is 509 g/mol. The van der Waals surface area contributed by atoms with E-state index in [4.69, 9.17) is 26.4 Å². The number of thiocarbonyl (C=S) groups is 1. The van der Waals surface area contributed by atoms with Crippen LogP contribution >= 0.6 is 24.0 Å². The molecular weight excluding hydrogens is 488 g/mol. The second-order valence-corrected chi connectivity index (χ2v) is 8.88. The minimum atomic E-state index is -0.497. The van der Waals surface area contributed by atoms with E-state index >= 15 is 0 Å². The fourth-order valence-electron chi connectivity index (χ4n) is 3.29. The summed E-state index contributed by atoms with van der Waals surface area (Å²) >= 11 is 6.54. The Labute approximate surface area is 211 Å². The number of nitro groups is 1. The highest BCUT2D eigenvalue weighted by atomic mass is 32.2. The van der Waals surface area contributed by atoms with Crippen LogP contribution in [0.5, 0.6) is 17.2 Å². The zero-order valence-corrected chi connectivity index (χ0v) is 20.2. The summed E-state index contributed by atoms with van der Waals surface area (Å²) < 4.78 is 17.0. The van der Waals surface area contributed by atoms with Gasteiger partial charge in [0, 0.05) is 17.7 Å². The number of amides is 1. The Morgan fingerprint density at radius 2 is 1.69 bits per heavy atom. The van der Waals surface area contributed by atoms with Gasteiger partial charge in [0.2, 0.25) is 0 Å². The molecular formula is C25H20N2O6S2. The van der Waals surface area contributed by atoms with Crippen molar-refractivity contribution in [2.45, 2.75) is 0 Å². The molecule has 1 aliphatic rings. The fraction of sp³-hybridized carbons (Fsp3) is 0.120. The Bertz CT molecular complexity index is 1280. The lowest BCUT2D eigenvalue weighted by Crippen LogP contribution is -2.27. The molecule has 1 aliphatic heterocycles. The zero-order chi connectivity index (χ0) is 24.8. The molecule has 8 nitrogen and oxygen atoms in total. The van der Waals surface area contributed by atoms with Crippen LogP contribution < -0.4 is 19.1 Å². The van der Waals surface area contributed by atoms with Crippen molar-refractivity contribution < 1.29 is 23.9 Å². The molecule has 10 heteroatoms. The number of methoxy groups -OCH3 is 1. The first-order valence-electron chi connectivity index (χ1n) is 10.5. The van der Waals surface area contributed by atoms with Gasteiger partial charge in [-0.25, -0.2) is 0 Å². The summed E-state index contributed by atoms with van der Waals surface area (Å²) in [5, 5.41) is 11.3. The normalized spacial score (nSPS) is 14.3. The third-order valence-electron chi connectivity index (χ3n) is 4.97. The molecule has 0 N–H and O–H groups in total. The van der Waals surface area contributed by atoms with Gasteiger partial charge < -0.3 is 14.2 Å². The lowest BCUT2D eigenvalue weighted by molar-refractivity contribution is -0.384. The quantitative estimate of drug-likeness (QED) is 0.124. The maximum absolute atomic E-state index is 13.1. The number of nitro benzene ring substituents is 1. The fourth-order valence-corrected chi connectivity index (χ4v) is 4.58. The van der Waals surface area contributed by atoms with Crippen molar-refractivity contribution in [3.8, 4) is 17.2 Å². The summed E-state index contributed by atoms with van der Waals surface area (Å²) in [6, 6.07) is 20.4. The van der Waals surface area contributed by atoms with E-state index in [-0.39, 0.29) is 24.8 Å². The number of ether oxygens (including phenoxy) is 3. The van der Waals surface area contributed by atoms with Gasteiger partial charge in [0.15, 0.2) is 4.32 Å². The first kappa shape index (κ1) is 24.2. The van der Waals surface area contributed by atoms with Crippen LogP contribution in [0.1, 0.15) is 5.56 Å². The first-order chi connectivity index (χ1) is 17.0. The number of non-ortho nitro benzene ring substituents is 1. The molecule has 1 saturated heterocycles.